The van der Waals surface area contributed by atoms with Crippen LogP contribution in [0.3, 0.4) is 0 Å². The molecule has 1 aliphatic heterocycles. The zero-order valence-electron chi connectivity index (χ0n) is 15.2. The lowest BCUT2D eigenvalue weighted by molar-refractivity contribution is -0.382. The molecule has 2 unspecified atom stereocenters. The molecule has 0 bridgehead atoms. The molecule has 4 nitrogen and oxygen atoms in total. The van der Waals surface area contributed by atoms with Crippen LogP contribution >= 0.6 is 10.3 Å². The van der Waals surface area contributed by atoms with Gasteiger partial charge in [-0.15, -0.1) is 10.3 Å². The van der Waals surface area contributed by atoms with E-state index >= 15 is 0 Å². The monoisotopic (exact) mass is 498 g/mol. The number of carbonyl (C=O) groups excluding carboxylic acids is 1. The average molecular weight is 498 g/mol. The fourth-order valence-electron chi connectivity index (χ4n) is 3.98. The van der Waals surface area contributed by atoms with Crippen molar-refractivity contribution in [3.8, 4) is 0 Å². The van der Waals surface area contributed by atoms with E-state index in [1.807, 2.05) is 0 Å². The largest absolute Gasteiger partial charge is 0.460 e. The molecule has 0 aromatic rings. The second kappa shape index (κ2) is 8.01. The van der Waals surface area contributed by atoms with Crippen LogP contribution in [0.5, 0.6) is 0 Å². The van der Waals surface area contributed by atoms with Gasteiger partial charge < -0.3 is 4.79 Å². The Balaban J connectivity index is 2.46. The first-order valence-corrected chi connectivity index (χ1v) is 12.2. The van der Waals surface area contributed by atoms with E-state index in [9.17, 15) is 52.7 Å². The minimum absolute atomic E-state index is 0.152. The van der Waals surface area contributed by atoms with Gasteiger partial charge in [-0.1, -0.05) is 12.8 Å². The first-order valence-electron chi connectivity index (χ1n) is 8.84. The quantitative estimate of drug-likeness (QED) is 0.348. The van der Waals surface area contributed by atoms with Crippen LogP contribution in [0.4, 0.5) is 39.5 Å². The number of alkyl halides is 9. The van der Waals surface area contributed by atoms with Crippen LogP contribution in [-0.2, 0) is 18.5 Å². The van der Waals surface area contributed by atoms with Crippen molar-refractivity contribution in [1.82, 2.24) is 0 Å². The molecule has 2 fully saturated rings. The van der Waals surface area contributed by atoms with Crippen molar-refractivity contribution in [2.75, 3.05) is 11.5 Å². The molecule has 1 heterocycles. The molecule has 0 N–H and O–H groups in total. The lowest BCUT2D eigenvalue weighted by Crippen LogP contribution is -2.63. The van der Waals surface area contributed by atoms with Crippen LogP contribution in [0, 0.1) is 5.92 Å². The molecule has 1 aliphatic carbocycles. The molecule has 0 amide bonds. The highest BCUT2D eigenvalue weighted by molar-refractivity contribution is 8.34. The van der Waals surface area contributed by atoms with Gasteiger partial charge in [0.05, 0.1) is 5.75 Å². The summed E-state index contributed by atoms with van der Waals surface area (Å²) in [7, 11) is -10.3. The van der Waals surface area contributed by atoms with E-state index in [2.05, 4.69) is 3.63 Å². The fraction of sp³-hybridized carbons (Fsp3) is 0.933. The predicted molar refractivity (Wildman–Crippen MR) is 89.3 cm³/mol. The van der Waals surface area contributed by atoms with Gasteiger partial charge in [0, 0.05) is 11.0 Å². The van der Waals surface area contributed by atoms with Crippen LogP contribution in [0.15, 0.2) is 0 Å². The normalized spacial score (nSPS) is 29.7. The van der Waals surface area contributed by atoms with E-state index in [-0.39, 0.29) is 30.8 Å². The number of halogens is 9. The summed E-state index contributed by atoms with van der Waals surface area (Å²) in [6.45, 7) is 0. The smallest absolute Gasteiger partial charge is 0.302 e. The van der Waals surface area contributed by atoms with Gasteiger partial charge in [-0.3, -0.25) is 0 Å². The Hall–Kier alpha value is -0.700. The number of carbonyl (C=O) groups is 1. The zero-order chi connectivity index (χ0) is 23.2. The van der Waals surface area contributed by atoms with E-state index in [0.29, 0.717) is 12.8 Å². The number of rotatable bonds is 8. The summed E-state index contributed by atoms with van der Waals surface area (Å²) in [5, 5.41) is -7.64. The van der Waals surface area contributed by atoms with Crippen molar-refractivity contribution in [3.63, 3.8) is 0 Å². The molecule has 2 atom stereocenters. The Morgan fingerprint density at radius 3 is 1.87 bits per heavy atom. The highest BCUT2D eigenvalue weighted by Gasteiger charge is 2.86. The summed E-state index contributed by atoms with van der Waals surface area (Å²) in [6.07, 6.45) is -4.03. The van der Waals surface area contributed by atoms with Crippen molar-refractivity contribution < 1.29 is 56.4 Å². The number of hydrogen-bond acceptors (Lipinski definition) is 4. The molecule has 0 spiro atoms. The minimum atomic E-state index is -7.35. The summed E-state index contributed by atoms with van der Waals surface area (Å²) >= 11 is 0. The second-order valence-corrected chi connectivity index (χ2v) is 12.4. The van der Waals surface area contributed by atoms with Crippen molar-refractivity contribution in [2.24, 2.45) is 5.92 Å². The maximum Gasteiger partial charge on any atom is 0.460 e. The number of aldehydes is 1. The molecule has 2 aliphatic rings. The summed E-state index contributed by atoms with van der Waals surface area (Å²) in [5.74, 6) is -15.9. The fourth-order valence-corrected chi connectivity index (χ4v) is 10.3. The van der Waals surface area contributed by atoms with Crippen LogP contribution in [0.1, 0.15) is 38.5 Å². The first kappa shape index (κ1) is 25.6. The third-order valence-electron chi connectivity index (χ3n) is 5.46. The van der Waals surface area contributed by atoms with Crippen LogP contribution in [0.2, 0.25) is 0 Å². The Kier molecular flexibility index (Phi) is 6.83. The molecule has 2 rings (SSSR count). The topological polar surface area (TPSA) is 60.4 Å². The molecule has 0 aromatic heterocycles. The molecule has 178 valence electrons. The maximum absolute atomic E-state index is 14.1. The van der Waals surface area contributed by atoms with E-state index < -0.39 is 54.7 Å². The first-order chi connectivity index (χ1) is 13.5. The molecule has 0 radical (unpaired) electrons. The molecular formula is C15H19F9O4S2. The lowest BCUT2D eigenvalue weighted by Gasteiger charge is -2.43. The zero-order valence-corrected chi connectivity index (χ0v) is 16.9. The van der Waals surface area contributed by atoms with Gasteiger partial charge in [0.2, 0.25) is 0 Å². The molecule has 1 saturated heterocycles. The summed E-state index contributed by atoms with van der Waals surface area (Å²) in [6, 6.07) is 0. The Labute approximate surface area is 168 Å². The molecule has 15 heteroatoms. The van der Waals surface area contributed by atoms with Crippen molar-refractivity contribution in [1.29, 1.82) is 0 Å². The SMILES string of the molecule is O=CCS1(OS(=O)(=O)C(F)(F)C(F)(F)C(F)(F)C(F)(F)F)CCCC1C1CCCC1. The Bertz CT molecular complexity index is 748. The third-order valence-corrected chi connectivity index (χ3v) is 11.6. The van der Waals surface area contributed by atoms with Gasteiger partial charge in [0.15, 0.2) is 0 Å². The van der Waals surface area contributed by atoms with Gasteiger partial charge in [-0.2, -0.15) is 47.9 Å². The van der Waals surface area contributed by atoms with E-state index in [4.69, 9.17) is 0 Å². The minimum Gasteiger partial charge on any atom is -0.302 e. The van der Waals surface area contributed by atoms with Crippen LogP contribution < -0.4 is 0 Å². The van der Waals surface area contributed by atoms with Gasteiger partial charge in [0.1, 0.15) is 6.29 Å². The molecular weight excluding hydrogens is 479 g/mol. The average Bonchev–Trinajstić information content (AvgIpc) is 3.22. The highest BCUT2D eigenvalue weighted by atomic mass is 32.3. The van der Waals surface area contributed by atoms with Gasteiger partial charge >= 0.3 is 33.4 Å². The second-order valence-electron chi connectivity index (χ2n) is 7.32. The molecule has 0 aromatic carbocycles. The summed E-state index contributed by atoms with van der Waals surface area (Å²) < 4.78 is 147. The molecule has 1 saturated carbocycles. The summed E-state index contributed by atoms with van der Waals surface area (Å²) in [5.41, 5.74) is 0. The third kappa shape index (κ3) is 3.93. The number of hydrogen-bond donors (Lipinski definition) is 0. The van der Waals surface area contributed by atoms with E-state index in [0.717, 1.165) is 12.8 Å². The van der Waals surface area contributed by atoms with E-state index in [1.165, 1.54) is 0 Å². The van der Waals surface area contributed by atoms with Crippen molar-refractivity contribution >= 4 is 26.7 Å². The van der Waals surface area contributed by atoms with Crippen LogP contribution in [0.25, 0.3) is 0 Å². The summed E-state index contributed by atoms with van der Waals surface area (Å²) in [4.78, 5) is 11.1. The highest BCUT2D eigenvalue weighted by Crippen LogP contribution is 2.66. The molecule has 30 heavy (non-hydrogen) atoms. The van der Waals surface area contributed by atoms with Gasteiger partial charge in [0.25, 0.3) is 0 Å². The van der Waals surface area contributed by atoms with Crippen LogP contribution in [-0.4, -0.2) is 54.7 Å². The maximum atomic E-state index is 14.1. The standard InChI is InChI=1S/C15H19F9O4S2/c16-12(17,14(20,21)22)13(18,19)15(23,24)30(26,27)28-29(9-7-25)8-3-6-11(29)10-4-1-2-5-10/h7,10-11H,1-6,8-9H2. The Morgan fingerprint density at radius 1 is 0.867 bits per heavy atom. The predicted octanol–water partition coefficient (Wildman–Crippen LogP) is 5.03. The van der Waals surface area contributed by atoms with Gasteiger partial charge in [-0.05, 0) is 31.6 Å². The van der Waals surface area contributed by atoms with E-state index in [1.54, 1.807) is 0 Å². The van der Waals surface area contributed by atoms with Gasteiger partial charge in [-0.25, -0.2) is 3.63 Å². The van der Waals surface area contributed by atoms with Crippen molar-refractivity contribution in [2.45, 2.75) is 67.1 Å². The Morgan fingerprint density at radius 2 is 1.40 bits per heavy atom. The van der Waals surface area contributed by atoms with Crippen molar-refractivity contribution in [3.05, 3.63) is 0 Å². The lowest BCUT2D eigenvalue weighted by atomic mass is 10.0.